The minimum absolute atomic E-state index is 0.000539. The average molecular weight is 554 g/mol. The van der Waals surface area contributed by atoms with Crippen LogP contribution in [0.1, 0.15) is 76.0 Å². The highest BCUT2D eigenvalue weighted by atomic mass is 16.7. The zero-order valence-electron chi connectivity index (χ0n) is 24.1. The number of aliphatic hydroxyl groups is 1. The molecule has 10 heteroatoms. The molecule has 2 aromatic rings. The molecule has 0 radical (unpaired) electrons. The lowest BCUT2D eigenvalue weighted by atomic mass is 9.68. The molecule has 2 aromatic carbocycles. The fourth-order valence-electron chi connectivity index (χ4n) is 6.19. The van der Waals surface area contributed by atoms with Crippen molar-refractivity contribution in [3.63, 3.8) is 0 Å². The number of fused-ring (bicyclic) bond motifs is 1. The van der Waals surface area contributed by atoms with Crippen LogP contribution >= 0.6 is 0 Å². The summed E-state index contributed by atoms with van der Waals surface area (Å²) in [7, 11) is 3.28. The van der Waals surface area contributed by atoms with Crippen LogP contribution in [0.2, 0.25) is 0 Å². The van der Waals surface area contributed by atoms with Gasteiger partial charge in [0.25, 0.3) is 0 Å². The summed E-state index contributed by atoms with van der Waals surface area (Å²) in [5.41, 5.74) is -2.22. The van der Waals surface area contributed by atoms with E-state index in [1.165, 1.54) is 4.90 Å². The summed E-state index contributed by atoms with van der Waals surface area (Å²) in [6.45, 7) is 7.26. The van der Waals surface area contributed by atoms with Crippen LogP contribution in [-0.4, -0.2) is 59.0 Å². The standard InChI is InChI=1S/C30H39N3O7/c1-20(23-18-24-21(17-25(23)39-6)13-14-26(34)31(24)5)19-29(22-11-8-7-9-12-22)30(36,33(37)38)15-10-16-32(29)27(35)40-28(2,3)4/h7-9,11-12,17-18,20,36H,10,13-16,19H2,1-6H3/t20?,29-,30+/m0/s1. The van der Waals surface area contributed by atoms with E-state index >= 15 is 0 Å². The second-order valence-corrected chi connectivity index (χ2v) is 11.8. The van der Waals surface area contributed by atoms with Crippen molar-refractivity contribution in [2.75, 3.05) is 25.6 Å². The van der Waals surface area contributed by atoms with E-state index < -0.39 is 33.8 Å². The molecule has 2 amide bonds. The number of aryl methyl sites for hydroxylation is 1. The first kappa shape index (κ1) is 29.3. The summed E-state index contributed by atoms with van der Waals surface area (Å²) in [5.74, 6) is 0.144. The molecular formula is C30H39N3O7. The summed E-state index contributed by atoms with van der Waals surface area (Å²) in [6.07, 6.45) is 0.352. The Morgan fingerprint density at radius 3 is 2.48 bits per heavy atom. The van der Waals surface area contributed by atoms with Gasteiger partial charge in [0.15, 0.2) is 5.54 Å². The number of anilines is 1. The third-order valence-corrected chi connectivity index (χ3v) is 8.10. The van der Waals surface area contributed by atoms with Crippen molar-refractivity contribution in [3.8, 4) is 5.75 Å². The molecule has 1 fully saturated rings. The van der Waals surface area contributed by atoms with Crippen LogP contribution in [0.25, 0.3) is 0 Å². The van der Waals surface area contributed by atoms with E-state index in [1.54, 1.807) is 70.2 Å². The first-order valence-corrected chi connectivity index (χ1v) is 13.7. The summed E-state index contributed by atoms with van der Waals surface area (Å²) in [5, 5.41) is 24.7. The lowest BCUT2D eigenvalue weighted by Gasteiger charge is -2.52. The van der Waals surface area contributed by atoms with Crippen LogP contribution in [0.15, 0.2) is 42.5 Å². The number of carbonyl (C=O) groups is 2. The number of methoxy groups -OCH3 is 1. The number of ether oxygens (including phenoxy) is 2. The topological polar surface area (TPSA) is 122 Å². The van der Waals surface area contributed by atoms with Crippen LogP contribution in [0.4, 0.5) is 10.5 Å². The molecule has 0 aromatic heterocycles. The van der Waals surface area contributed by atoms with Crippen LogP contribution in [-0.2, 0) is 21.5 Å². The number of carbonyl (C=O) groups excluding carboxylic acids is 2. The van der Waals surface area contributed by atoms with Crippen LogP contribution in [0.5, 0.6) is 5.75 Å². The summed E-state index contributed by atoms with van der Waals surface area (Å²) in [6, 6.07) is 12.5. The monoisotopic (exact) mass is 553 g/mol. The van der Waals surface area contributed by atoms with E-state index in [4.69, 9.17) is 9.47 Å². The molecule has 40 heavy (non-hydrogen) atoms. The Balaban J connectivity index is 1.92. The van der Waals surface area contributed by atoms with E-state index in [1.807, 2.05) is 19.1 Å². The lowest BCUT2D eigenvalue weighted by Crippen LogP contribution is -2.70. The van der Waals surface area contributed by atoms with Gasteiger partial charge in [-0.25, -0.2) is 4.79 Å². The second-order valence-electron chi connectivity index (χ2n) is 11.8. The number of amides is 2. The van der Waals surface area contributed by atoms with Gasteiger partial charge in [0, 0.05) is 32.1 Å². The van der Waals surface area contributed by atoms with Crippen LogP contribution in [0, 0.1) is 10.1 Å². The van der Waals surface area contributed by atoms with Gasteiger partial charge >= 0.3 is 11.8 Å². The first-order valence-electron chi connectivity index (χ1n) is 13.7. The van der Waals surface area contributed by atoms with Crippen molar-refractivity contribution in [1.82, 2.24) is 4.90 Å². The normalized spacial score (nSPS) is 23.8. The van der Waals surface area contributed by atoms with Gasteiger partial charge in [-0.05, 0) is 74.8 Å². The molecule has 0 bridgehead atoms. The molecule has 0 spiro atoms. The maximum atomic E-state index is 13.7. The molecule has 2 aliphatic rings. The average Bonchev–Trinajstić information content (AvgIpc) is 2.90. The van der Waals surface area contributed by atoms with Gasteiger partial charge in [-0.2, -0.15) is 0 Å². The second kappa shape index (κ2) is 10.7. The first-order chi connectivity index (χ1) is 18.7. The number of piperidine rings is 1. The third-order valence-electron chi connectivity index (χ3n) is 8.10. The molecule has 3 atom stereocenters. The van der Waals surface area contributed by atoms with E-state index in [2.05, 4.69) is 0 Å². The van der Waals surface area contributed by atoms with Gasteiger partial charge in [-0.1, -0.05) is 37.3 Å². The summed E-state index contributed by atoms with van der Waals surface area (Å²) < 4.78 is 11.5. The molecule has 1 N–H and O–H groups in total. The number of nitrogens with zero attached hydrogens (tertiary/aromatic N) is 3. The highest BCUT2D eigenvalue weighted by Crippen LogP contribution is 2.52. The van der Waals surface area contributed by atoms with Crippen molar-refractivity contribution in [3.05, 3.63) is 69.3 Å². The van der Waals surface area contributed by atoms with E-state index in [-0.39, 0.29) is 31.7 Å². The summed E-state index contributed by atoms with van der Waals surface area (Å²) >= 11 is 0. The van der Waals surface area contributed by atoms with Crippen LogP contribution in [0.3, 0.4) is 0 Å². The Hall–Kier alpha value is -3.66. The van der Waals surface area contributed by atoms with Gasteiger partial charge in [0.2, 0.25) is 5.91 Å². The molecule has 1 saturated heterocycles. The number of rotatable bonds is 6. The Labute approximate surface area is 235 Å². The van der Waals surface area contributed by atoms with Gasteiger partial charge in [-0.15, -0.1) is 0 Å². The maximum Gasteiger partial charge on any atom is 0.411 e. The Morgan fingerprint density at radius 2 is 1.88 bits per heavy atom. The SMILES string of the molecule is COc1cc2c(cc1C(C)C[C@@]1(c3ccccc3)N(C(=O)OC(C)(C)C)CCC[C@]1(O)[N+](=O)[O-])N(C)C(=O)CC2. The zero-order chi connectivity index (χ0) is 29.5. The largest absolute Gasteiger partial charge is 0.496 e. The quantitative estimate of drug-likeness (QED) is 0.304. The predicted molar refractivity (Wildman–Crippen MR) is 150 cm³/mol. The van der Waals surface area contributed by atoms with Crippen molar-refractivity contribution >= 4 is 17.7 Å². The summed E-state index contributed by atoms with van der Waals surface area (Å²) in [4.78, 5) is 41.2. The highest BCUT2D eigenvalue weighted by molar-refractivity contribution is 5.96. The molecule has 4 rings (SSSR count). The van der Waals surface area contributed by atoms with E-state index in [0.717, 1.165) is 16.8 Å². The Morgan fingerprint density at radius 1 is 1.20 bits per heavy atom. The van der Waals surface area contributed by atoms with Gasteiger partial charge in [-0.3, -0.25) is 19.8 Å². The number of benzene rings is 2. The molecular weight excluding hydrogens is 514 g/mol. The van der Waals surface area contributed by atoms with Crippen LogP contribution < -0.4 is 9.64 Å². The van der Waals surface area contributed by atoms with E-state index in [9.17, 15) is 24.8 Å². The molecule has 2 aliphatic heterocycles. The lowest BCUT2D eigenvalue weighted by molar-refractivity contribution is -0.652. The number of hydrogen-bond donors (Lipinski definition) is 1. The fourth-order valence-corrected chi connectivity index (χ4v) is 6.19. The predicted octanol–water partition coefficient (Wildman–Crippen LogP) is 4.99. The van der Waals surface area contributed by atoms with Crippen molar-refractivity contribution in [2.24, 2.45) is 0 Å². The van der Waals surface area contributed by atoms with Gasteiger partial charge in [0.05, 0.1) is 12.0 Å². The molecule has 1 unspecified atom stereocenters. The maximum absolute atomic E-state index is 13.7. The number of nitro groups is 1. The Kier molecular flexibility index (Phi) is 7.86. The van der Waals surface area contributed by atoms with Crippen molar-refractivity contribution < 1.29 is 29.1 Å². The number of hydrogen-bond acceptors (Lipinski definition) is 7. The zero-order valence-corrected chi connectivity index (χ0v) is 24.1. The third kappa shape index (κ3) is 5.00. The molecule has 10 nitrogen and oxygen atoms in total. The van der Waals surface area contributed by atoms with Gasteiger partial charge < -0.3 is 19.5 Å². The molecule has 0 saturated carbocycles. The molecule has 2 heterocycles. The number of likely N-dealkylation sites (tertiary alicyclic amines) is 1. The fraction of sp³-hybridized carbons (Fsp3) is 0.533. The van der Waals surface area contributed by atoms with E-state index in [0.29, 0.717) is 24.2 Å². The van der Waals surface area contributed by atoms with Crippen molar-refractivity contribution in [1.29, 1.82) is 0 Å². The highest BCUT2D eigenvalue weighted by Gasteiger charge is 2.68. The van der Waals surface area contributed by atoms with Crippen molar-refractivity contribution in [2.45, 2.75) is 82.6 Å². The molecule has 216 valence electrons. The minimum atomic E-state index is -2.49. The van der Waals surface area contributed by atoms with Gasteiger partial charge in [0.1, 0.15) is 11.4 Å². The Bertz CT molecular complexity index is 1290. The molecule has 0 aliphatic carbocycles. The smallest absolute Gasteiger partial charge is 0.411 e. The minimum Gasteiger partial charge on any atom is -0.496 e.